The first kappa shape index (κ1) is 27.9. The van der Waals surface area contributed by atoms with Gasteiger partial charge in [0.1, 0.15) is 5.58 Å². The Morgan fingerprint density at radius 1 is 0.392 bits per heavy atom. The van der Waals surface area contributed by atoms with Crippen molar-refractivity contribution in [1.29, 1.82) is 0 Å². The summed E-state index contributed by atoms with van der Waals surface area (Å²) in [4.78, 5) is 10.1. The standard InChI is InChI=1S/C46H28N4O/c1-4-14-29(15-5-1)44-43-37-27-36-34-21-11-13-23-39(34)50(41(36)28-42(37)51-46(43)48-45(47-44)30-16-6-2-7-17-30)32-24-25-40-35(26-32)33-20-10-12-22-38(33)49(40)31-18-8-3-9-19-31/h1-28H. The van der Waals surface area contributed by atoms with Crippen molar-refractivity contribution in [1.82, 2.24) is 19.1 Å². The van der Waals surface area contributed by atoms with Crippen LogP contribution >= 0.6 is 0 Å². The van der Waals surface area contributed by atoms with Gasteiger partial charge < -0.3 is 13.6 Å². The Morgan fingerprint density at radius 3 is 1.67 bits per heavy atom. The molecule has 4 aromatic heterocycles. The molecule has 0 aliphatic heterocycles. The highest BCUT2D eigenvalue weighted by Crippen LogP contribution is 2.42. The largest absolute Gasteiger partial charge is 0.437 e. The summed E-state index contributed by atoms with van der Waals surface area (Å²) >= 11 is 0. The van der Waals surface area contributed by atoms with E-state index in [0.29, 0.717) is 11.5 Å². The molecule has 5 nitrogen and oxygen atoms in total. The highest BCUT2D eigenvalue weighted by molar-refractivity contribution is 6.19. The van der Waals surface area contributed by atoms with Crippen LogP contribution in [0.4, 0.5) is 0 Å². The van der Waals surface area contributed by atoms with E-state index in [4.69, 9.17) is 14.4 Å². The quantitative estimate of drug-likeness (QED) is 0.190. The Kier molecular flexibility index (Phi) is 5.89. The van der Waals surface area contributed by atoms with Gasteiger partial charge in [-0.3, -0.25) is 0 Å². The summed E-state index contributed by atoms with van der Waals surface area (Å²) in [6.45, 7) is 0. The molecule has 0 spiro atoms. The number of nitrogens with zero attached hydrogens (tertiary/aromatic N) is 4. The number of hydrogen-bond acceptors (Lipinski definition) is 3. The Labute approximate surface area is 292 Å². The molecule has 7 aromatic carbocycles. The first-order chi connectivity index (χ1) is 25.3. The molecule has 0 aliphatic carbocycles. The fourth-order valence-electron chi connectivity index (χ4n) is 7.89. The van der Waals surface area contributed by atoms with Crippen molar-refractivity contribution in [2.45, 2.75) is 0 Å². The third-order valence-electron chi connectivity index (χ3n) is 10.1. The van der Waals surface area contributed by atoms with Crippen LogP contribution in [0.1, 0.15) is 0 Å². The number of benzene rings is 7. The second-order valence-corrected chi connectivity index (χ2v) is 13.0. The van der Waals surface area contributed by atoms with Crippen molar-refractivity contribution in [2.75, 3.05) is 0 Å². The van der Waals surface area contributed by atoms with E-state index < -0.39 is 0 Å². The highest BCUT2D eigenvalue weighted by Gasteiger charge is 2.22. The van der Waals surface area contributed by atoms with E-state index in [1.165, 1.54) is 27.2 Å². The third-order valence-corrected chi connectivity index (χ3v) is 10.1. The maximum atomic E-state index is 6.68. The van der Waals surface area contributed by atoms with Gasteiger partial charge in [0.15, 0.2) is 5.82 Å². The van der Waals surface area contributed by atoms with Gasteiger partial charge in [-0.15, -0.1) is 0 Å². The Morgan fingerprint density at radius 2 is 0.961 bits per heavy atom. The normalized spacial score (nSPS) is 11.9. The SMILES string of the molecule is c1ccc(-c2nc(-c3ccccc3)c3c(n2)oc2cc4c(cc23)c2ccccc2n4-c2ccc3c(c2)c2ccccc2n3-c2ccccc2)cc1. The van der Waals surface area contributed by atoms with E-state index in [1.807, 2.05) is 48.5 Å². The summed E-state index contributed by atoms with van der Waals surface area (Å²) < 4.78 is 11.4. The molecular weight excluding hydrogens is 625 g/mol. The Hall–Kier alpha value is -6.98. The van der Waals surface area contributed by atoms with Gasteiger partial charge in [-0.2, -0.15) is 4.98 Å². The summed E-state index contributed by atoms with van der Waals surface area (Å²) in [6.07, 6.45) is 0. The molecule has 11 aromatic rings. The molecule has 5 heteroatoms. The average molecular weight is 653 g/mol. The first-order valence-corrected chi connectivity index (χ1v) is 17.2. The van der Waals surface area contributed by atoms with Gasteiger partial charge in [-0.25, -0.2) is 4.98 Å². The van der Waals surface area contributed by atoms with Crippen LogP contribution in [0.5, 0.6) is 0 Å². The van der Waals surface area contributed by atoms with E-state index in [1.54, 1.807) is 0 Å². The predicted octanol–water partition coefficient (Wildman–Crippen LogP) is 11.9. The molecule has 0 saturated carbocycles. The van der Waals surface area contributed by atoms with E-state index >= 15 is 0 Å². The molecule has 0 radical (unpaired) electrons. The molecule has 0 aliphatic rings. The second-order valence-electron chi connectivity index (χ2n) is 13.0. The molecule has 0 N–H and O–H groups in total. The average Bonchev–Trinajstić information content (AvgIpc) is 3.84. The minimum atomic E-state index is 0.580. The van der Waals surface area contributed by atoms with E-state index in [0.717, 1.165) is 61.0 Å². The van der Waals surface area contributed by atoms with E-state index in [2.05, 4.69) is 130 Å². The van der Waals surface area contributed by atoms with Gasteiger partial charge in [-0.1, -0.05) is 115 Å². The Bertz CT molecular complexity index is 3120. The molecule has 51 heavy (non-hydrogen) atoms. The summed E-state index contributed by atoms with van der Waals surface area (Å²) in [5.41, 5.74) is 11.0. The molecule has 0 fully saturated rings. The van der Waals surface area contributed by atoms with E-state index in [9.17, 15) is 0 Å². The second kappa shape index (κ2) is 10.8. The molecule has 0 saturated heterocycles. The van der Waals surface area contributed by atoms with Gasteiger partial charge in [0.2, 0.25) is 5.71 Å². The number of furan rings is 1. The van der Waals surface area contributed by atoms with Gasteiger partial charge >= 0.3 is 0 Å². The molecule has 238 valence electrons. The maximum Gasteiger partial charge on any atom is 0.231 e. The van der Waals surface area contributed by atoms with Crippen molar-refractivity contribution in [3.8, 4) is 34.0 Å². The summed E-state index contributed by atoms with van der Waals surface area (Å²) in [7, 11) is 0. The number of para-hydroxylation sites is 3. The lowest BCUT2D eigenvalue weighted by Gasteiger charge is -2.10. The number of rotatable bonds is 4. The zero-order valence-corrected chi connectivity index (χ0v) is 27.4. The van der Waals surface area contributed by atoms with Gasteiger partial charge in [0, 0.05) is 55.5 Å². The van der Waals surface area contributed by atoms with Crippen LogP contribution in [-0.4, -0.2) is 19.1 Å². The fourth-order valence-corrected chi connectivity index (χ4v) is 7.89. The monoisotopic (exact) mass is 652 g/mol. The third kappa shape index (κ3) is 4.15. The number of aromatic nitrogens is 4. The molecule has 4 heterocycles. The van der Waals surface area contributed by atoms with Crippen LogP contribution in [0.15, 0.2) is 174 Å². The van der Waals surface area contributed by atoms with E-state index in [-0.39, 0.29) is 0 Å². The van der Waals surface area contributed by atoms with Gasteiger partial charge in [-0.05, 0) is 48.5 Å². The molecule has 11 rings (SSSR count). The minimum absolute atomic E-state index is 0.580. The van der Waals surface area contributed by atoms with Gasteiger partial charge in [0.05, 0.1) is 33.1 Å². The lowest BCUT2D eigenvalue weighted by molar-refractivity contribution is 0.654. The van der Waals surface area contributed by atoms with Gasteiger partial charge in [0.25, 0.3) is 0 Å². The summed E-state index contributed by atoms with van der Waals surface area (Å²) in [6, 6.07) is 59.6. The van der Waals surface area contributed by atoms with Crippen LogP contribution in [-0.2, 0) is 0 Å². The zero-order valence-electron chi connectivity index (χ0n) is 27.4. The van der Waals surface area contributed by atoms with Crippen molar-refractivity contribution >= 4 is 65.7 Å². The highest BCUT2D eigenvalue weighted by atomic mass is 16.3. The topological polar surface area (TPSA) is 48.8 Å². The molecule has 0 atom stereocenters. The molecule has 0 bridgehead atoms. The van der Waals surface area contributed by atoms with Crippen LogP contribution in [0.2, 0.25) is 0 Å². The van der Waals surface area contributed by atoms with Crippen molar-refractivity contribution < 1.29 is 4.42 Å². The minimum Gasteiger partial charge on any atom is -0.437 e. The summed E-state index contributed by atoms with van der Waals surface area (Å²) in [5.74, 6) is 0.642. The van der Waals surface area contributed by atoms with Crippen LogP contribution < -0.4 is 0 Å². The van der Waals surface area contributed by atoms with Crippen LogP contribution in [0.3, 0.4) is 0 Å². The summed E-state index contributed by atoms with van der Waals surface area (Å²) in [5, 5.41) is 6.68. The zero-order chi connectivity index (χ0) is 33.5. The van der Waals surface area contributed by atoms with Crippen molar-refractivity contribution in [2.24, 2.45) is 0 Å². The van der Waals surface area contributed by atoms with Crippen molar-refractivity contribution in [3.63, 3.8) is 0 Å². The number of hydrogen-bond donors (Lipinski definition) is 0. The molecule has 0 unspecified atom stereocenters. The Balaban J connectivity index is 1.20. The number of fused-ring (bicyclic) bond motifs is 9. The van der Waals surface area contributed by atoms with Crippen molar-refractivity contribution in [3.05, 3.63) is 170 Å². The first-order valence-electron chi connectivity index (χ1n) is 17.2. The smallest absolute Gasteiger partial charge is 0.231 e. The molecular formula is C46H28N4O. The van der Waals surface area contributed by atoms with Crippen LogP contribution in [0, 0.1) is 0 Å². The lowest BCUT2D eigenvalue weighted by atomic mass is 10.0. The predicted molar refractivity (Wildman–Crippen MR) is 209 cm³/mol. The molecule has 0 amide bonds. The van der Waals surface area contributed by atoms with Crippen LogP contribution in [0.25, 0.3) is 99.7 Å². The fraction of sp³-hybridized carbons (Fsp3) is 0. The maximum absolute atomic E-state index is 6.68. The lowest BCUT2D eigenvalue weighted by Crippen LogP contribution is -1.95.